The predicted octanol–water partition coefficient (Wildman–Crippen LogP) is -6.64. The molecule has 21 nitrogen and oxygen atoms in total. The summed E-state index contributed by atoms with van der Waals surface area (Å²) in [4.78, 5) is 31.0. The fraction of sp³-hybridized carbons (Fsp3) is 0.944. The van der Waals surface area contributed by atoms with E-state index in [1.807, 2.05) is 0 Å². The summed E-state index contributed by atoms with van der Waals surface area (Å²) in [5.74, 6) is -0.767. The molecule has 0 spiro atoms. The summed E-state index contributed by atoms with van der Waals surface area (Å²) in [5.41, 5.74) is 0. The Morgan fingerprint density at radius 3 is 1.68 bits per heavy atom. The number of rotatable bonds is 18. The zero-order chi connectivity index (χ0) is 31.7. The zero-order valence-electron chi connectivity index (χ0n) is 21.4. The summed E-state index contributed by atoms with van der Waals surface area (Å²) >= 11 is 0. The molecule has 1 aliphatic heterocycles. The van der Waals surface area contributed by atoms with Crippen molar-refractivity contribution in [3.8, 4) is 0 Å². The van der Waals surface area contributed by atoms with Crippen LogP contribution < -0.4 is 5.32 Å². The van der Waals surface area contributed by atoms with Gasteiger partial charge in [0.15, 0.2) is 6.29 Å². The third-order valence-corrected chi connectivity index (χ3v) is 7.42. The fourth-order valence-electron chi connectivity index (χ4n) is 3.25. The van der Waals surface area contributed by atoms with Crippen LogP contribution in [0.4, 0.5) is 0 Å². The third-order valence-electron chi connectivity index (χ3n) is 5.49. The summed E-state index contributed by atoms with van der Waals surface area (Å²) < 4.78 is 47.3. The molecule has 0 aliphatic carbocycles. The van der Waals surface area contributed by atoms with E-state index in [1.54, 1.807) is 0 Å². The first kappa shape index (κ1) is 38.3. The first-order valence-corrected chi connectivity index (χ1v) is 14.7. The number of hydrogen-bond acceptors (Lipinski definition) is 18. The lowest BCUT2D eigenvalue weighted by molar-refractivity contribution is -0.251. The van der Waals surface area contributed by atoms with E-state index in [0.717, 1.165) is 6.92 Å². The second kappa shape index (κ2) is 16.9. The number of aliphatic hydroxyl groups is 10. The van der Waals surface area contributed by atoms with Crippen molar-refractivity contribution in [1.82, 2.24) is 5.32 Å². The standard InChI is InChI=1S/C18H37NO20P2/c1-7(22)19-13-17(16(29)12(3-21)38-18(13)30)39-41(33,34)37-6-11(26)15(28)10(25)5-36-40(31,32)35-4-9(24)14(27)8(23)2-20/h8-18,20-21,23-30H,2-6H2,1H3,(H,19,22)(H,31,32)(H,33,34)/t8-,9+,10-,11+,12+,13+,14-,15-,16-,17+,18+/m0/s1. The van der Waals surface area contributed by atoms with E-state index in [4.69, 9.17) is 14.4 Å². The van der Waals surface area contributed by atoms with Gasteiger partial charge in [0.25, 0.3) is 0 Å². The number of aliphatic hydroxyl groups excluding tert-OH is 10. The van der Waals surface area contributed by atoms with Crippen molar-refractivity contribution >= 4 is 21.6 Å². The van der Waals surface area contributed by atoms with Gasteiger partial charge in [0.1, 0.15) is 61.0 Å². The van der Waals surface area contributed by atoms with Crippen LogP contribution in [-0.4, -0.2) is 167 Å². The first-order valence-electron chi connectivity index (χ1n) is 11.7. The van der Waals surface area contributed by atoms with Crippen LogP contribution in [0.3, 0.4) is 0 Å². The quantitative estimate of drug-likeness (QED) is 0.0613. The van der Waals surface area contributed by atoms with Gasteiger partial charge < -0.3 is 70.9 Å². The van der Waals surface area contributed by atoms with Crippen LogP contribution in [0.5, 0.6) is 0 Å². The average Bonchev–Trinajstić information content (AvgIpc) is 2.91. The smallest absolute Gasteiger partial charge is 0.394 e. The number of ether oxygens (including phenoxy) is 1. The Morgan fingerprint density at radius 2 is 1.27 bits per heavy atom. The van der Waals surface area contributed by atoms with Gasteiger partial charge in [0.2, 0.25) is 5.91 Å². The van der Waals surface area contributed by atoms with E-state index in [0.29, 0.717) is 0 Å². The van der Waals surface area contributed by atoms with Gasteiger partial charge in [0, 0.05) is 6.92 Å². The van der Waals surface area contributed by atoms with Gasteiger partial charge in [-0.25, -0.2) is 9.13 Å². The molecule has 0 aromatic heterocycles. The molecule has 23 heteroatoms. The SMILES string of the molecule is CC(=O)N[C@@H]1[C@@H](OP(=O)(O)OC[C@@H](O)[C@@H](O)[C@@H](O)COP(=O)(O)OC[C@@H](O)[C@@H](O)[C@@H](O)CO)[C@@H](O)[C@@H](CO)O[C@H]1O. The van der Waals surface area contributed by atoms with Gasteiger partial charge >= 0.3 is 15.6 Å². The minimum absolute atomic E-state index is 0.767. The molecule has 1 heterocycles. The number of phosphoric acid groups is 2. The lowest BCUT2D eigenvalue weighted by Crippen LogP contribution is -2.64. The predicted molar refractivity (Wildman–Crippen MR) is 127 cm³/mol. The Labute approximate surface area is 232 Å². The maximum Gasteiger partial charge on any atom is 0.472 e. The van der Waals surface area contributed by atoms with Crippen molar-refractivity contribution in [2.75, 3.05) is 33.0 Å². The van der Waals surface area contributed by atoms with Crippen LogP contribution in [0.15, 0.2) is 0 Å². The van der Waals surface area contributed by atoms with Gasteiger partial charge in [-0.1, -0.05) is 0 Å². The lowest BCUT2D eigenvalue weighted by atomic mass is 9.97. The number of phosphoric ester groups is 2. The van der Waals surface area contributed by atoms with Gasteiger partial charge in [-0.3, -0.25) is 22.9 Å². The van der Waals surface area contributed by atoms with E-state index < -0.39 is 122 Å². The molecule has 1 aliphatic rings. The molecular weight excluding hydrogens is 612 g/mol. The van der Waals surface area contributed by atoms with Gasteiger partial charge in [-0.15, -0.1) is 0 Å². The van der Waals surface area contributed by atoms with Crippen LogP contribution in [0, 0.1) is 0 Å². The van der Waals surface area contributed by atoms with Crippen LogP contribution in [0.1, 0.15) is 6.92 Å². The summed E-state index contributed by atoms with van der Waals surface area (Å²) in [6.45, 7) is -4.30. The van der Waals surface area contributed by atoms with Crippen molar-refractivity contribution in [3.63, 3.8) is 0 Å². The molecule has 13 atom stereocenters. The van der Waals surface area contributed by atoms with E-state index in [9.17, 15) is 69.7 Å². The van der Waals surface area contributed by atoms with Gasteiger partial charge in [-0.2, -0.15) is 0 Å². The molecule has 0 radical (unpaired) electrons. The van der Waals surface area contributed by atoms with E-state index >= 15 is 0 Å². The molecule has 0 saturated carbocycles. The highest BCUT2D eigenvalue weighted by Gasteiger charge is 2.49. The molecule has 0 aromatic carbocycles. The van der Waals surface area contributed by atoms with E-state index in [1.165, 1.54) is 0 Å². The largest absolute Gasteiger partial charge is 0.472 e. The molecular formula is C18H37NO20P2. The zero-order valence-corrected chi connectivity index (χ0v) is 23.2. The second-order valence-corrected chi connectivity index (χ2v) is 11.7. The summed E-state index contributed by atoms with van der Waals surface area (Å²) in [6, 6.07) is -1.62. The van der Waals surface area contributed by atoms with E-state index in [-0.39, 0.29) is 0 Å². The van der Waals surface area contributed by atoms with Crippen LogP contribution in [0.25, 0.3) is 0 Å². The highest BCUT2D eigenvalue weighted by Crippen LogP contribution is 2.47. The van der Waals surface area contributed by atoms with Crippen molar-refractivity contribution in [2.24, 2.45) is 0 Å². The number of carbonyl (C=O) groups excluding carboxylic acids is 1. The molecule has 1 saturated heterocycles. The Morgan fingerprint density at radius 1 is 0.829 bits per heavy atom. The van der Waals surface area contributed by atoms with Crippen LogP contribution in [-0.2, 0) is 36.8 Å². The third kappa shape index (κ3) is 12.4. The van der Waals surface area contributed by atoms with Gasteiger partial charge in [0.05, 0.1) is 33.0 Å². The van der Waals surface area contributed by atoms with Crippen LogP contribution in [0.2, 0.25) is 0 Å². The Bertz CT molecular complexity index is 898. The monoisotopic (exact) mass is 649 g/mol. The van der Waals surface area contributed by atoms with Crippen LogP contribution >= 0.6 is 15.6 Å². The van der Waals surface area contributed by atoms with Crippen molar-refractivity contribution in [3.05, 3.63) is 0 Å². The first-order chi connectivity index (χ1) is 18.9. The molecule has 2 unspecified atom stereocenters. The number of carbonyl (C=O) groups is 1. The fourth-order valence-corrected chi connectivity index (χ4v) is 4.97. The summed E-state index contributed by atoms with van der Waals surface area (Å²) in [6.07, 6.45) is -19.4. The van der Waals surface area contributed by atoms with E-state index in [2.05, 4.69) is 18.9 Å². The minimum atomic E-state index is -5.27. The van der Waals surface area contributed by atoms with Gasteiger partial charge in [-0.05, 0) is 0 Å². The minimum Gasteiger partial charge on any atom is -0.394 e. The Kier molecular flexibility index (Phi) is 15.8. The number of amides is 1. The van der Waals surface area contributed by atoms with Crippen molar-refractivity contribution in [2.45, 2.75) is 74.2 Å². The topological polar surface area (TPSA) is 352 Å². The Hall–Kier alpha value is -0.750. The number of hydrogen-bond donors (Lipinski definition) is 13. The molecule has 244 valence electrons. The summed E-state index contributed by atoms with van der Waals surface area (Å²) in [7, 11) is -10.3. The van der Waals surface area contributed by atoms with Crippen molar-refractivity contribution in [1.29, 1.82) is 0 Å². The molecule has 0 bridgehead atoms. The van der Waals surface area contributed by atoms with Crippen molar-refractivity contribution < 1.29 is 97.6 Å². The molecule has 1 fully saturated rings. The summed E-state index contributed by atoms with van der Waals surface area (Å²) in [5, 5.41) is 98.6. The molecule has 0 aromatic rings. The maximum atomic E-state index is 12.4. The Balaban J connectivity index is 2.67. The average molecular weight is 649 g/mol. The maximum absolute atomic E-state index is 12.4. The molecule has 13 N–H and O–H groups in total. The molecule has 1 amide bonds. The highest BCUT2D eigenvalue weighted by atomic mass is 31.2. The second-order valence-electron chi connectivity index (χ2n) is 8.79. The molecule has 41 heavy (non-hydrogen) atoms. The number of nitrogens with one attached hydrogen (secondary N) is 1. The normalized spacial score (nSPS) is 30.7. The highest BCUT2D eigenvalue weighted by molar-refractivity contribution is 7.47. The molecule has 1 rings (SSSR count). The lowest BCUT2D eigenvalue weighted by Gasteiger charge is -2.42.